The van der Waals surface area contributed by atoms with Gasteiger partial charge in [0.05, 0.1) is 0 Å². The molecule has 0 bridgehead atoms. The number of aromatic nitrogens is 6. The summed E-state index contributed by atoms with van der Waals surface area (Å²) in [5.74, 6) is 0.176. The van der Waals surface area contributed by atoms with Crippen molar-refractivity contribution >= 4 is 23.4 Å². The van der Waals surface area contributed by atoms with E-state index in [2.05, 4.69) is 37.8 Å². The second-order valence-electron chi connectivity index (χ2n) is 10.4. The minimum absolute atomic E-state index is 0.101. The highest BCUT2D eigenvalue weighted by Crippen LogP contribution is 2.30. The van der Waals surface area contributed by atoms with E-state index < -0.39 is 17.9 Å². The number of aryl methyl sites for hydroxylation is 1. The first-order valence-corrected chi connectivity index (χ1v) is 14.8. The van der Waals surface area contributed by atoms with E-state index in [9.17, 15) is 9.59 Å². The average Bonchev–Trinajstić information content (AvgIpc) is 3.69. The summed E-state index contributed by atoms with van der Waals surface area (Å²) in [5, 5.41) is 26.6. The fraction of sp³-hybridized carbons (Fsp3) is 0.250. The van der Waals surface area contributed by atoms with E-state index in [0.717, 1.165) is 40.7 Å². The highest BCUT2D eigenvalue weighted by Gasteiger charge is 2.25. The van der Waals surface area contributed by atoms with Crippen LogP contribution in [-0.4, -0.2) is 53.2 Å². The van der Waals surface area contributed by atoms with Gasteiger partial charge in [0, 0.05) is 31.0 Å². The molecule has 0 aliphatic heterocycles. The third kappa shape index (κ3) is 7.36. The second kappa shape index (κ2) is 14.5. The number of nitrogens with one attached hydrogen (secondary N) is 3. The largest absolute Gasteiger partial charge is 0.347 e. The van der Waals surface area contributed by atoms with Gasteiger partial charge in [0.25, 0.3) is 5.91 Å². The lowest BCUT2D eigenvalue weighted by molar-refractivity contribution is -0.129. The van der Waals surface area contributed by atoms with Gasteiger partial charge in [0.15, 0.2) is 5.15 Å². The summed E-state index contributed by atoms with van der Waals surface area (Å²) in [6.45, 7) is 2.46. The number of rotatable bonds is 13. The van der Waals surface area contributed by atoms with Gasteiger partial charge >= 0.3 is 0 Å². The summed E-state index contributed by atoms with van der Waals surface area (Å²) < 4.78 is 1.85. The number of carbonyl (C=O) groups excluding carboxylic acids is 2. The van der Waals surface area contributed by atoms with Crippen LogP contribution < -0.4 is 10.8 Å². The monoisotopic (exact) mass is 612 g/mol. The molecule has 11 nitrogen and oxygen atoms in total. The molecule has 1 atom stereocenters. The fourth-order valence-corrected chi connectivity index (χ4v) is 5.44. The van der Waals surface area contributed by atoms with Crippen molar-refractivity contribution in [2.24, 2.45) is 0 Å². The average molecular weight is 613 g/mol. The quantitative estimate of drug-likeness (QED) is 0.108. The maximum Gasteiger partial charge on any atom is 0.271 e. The zero-order chi connectivity index (χ0) is 30.9. The minimum Gasteiger partial charge on any atom is -0.347 e. The normalized spacial score (nSPS) is 11.7. The van der Waals surface area contributed by atoms with Crippen molar-refractivity contribution in [3.63, 3.8) is 0 Å². The number of H-pyrrole nitrogens is 1. The molecule has 0 aliphatic rings. The predicted molar refractivity (Wildman–Crippen MR) is 166 cm³/mol. The summed E-state index contributed by atoms with van der Waals surface area (Å²) in [5.41, 5.74) is 6.58. The van der Waals surface area contributed by atoms with Crippen LogP contribution in [0.2, 0.25) is 5.15 Å². The van der Waals surface area contributed by atoms with Gasteiger partial charge in [-0.1, -0.05) is 104 Å². The number of nitrogens with zero attached hydrogens (tertiary/aromatic N) is 5. The number of benzene rings is 3. The van der Waals surface area contributed by atoms with Crippen LogP contribution in [-0.2, 0) is 24.2 Å². The Labute approximate surface area is 259 Å². The van der Waals surface area contributed by atoms with Crippen LogP contribution in [0.1, 0.15) is 53.6 Å². The summed E-state index contributed by atoms with van der Waals surface area (Å²) in [4.78, 5) is 30.4. The smallest absolute Gasteiger partial charge is 0.271 e. The summed E-state index contributed by atoms with van der Waals surface area (Å²) >= 11 is 6.61. The van der Waals surface area contributed by atoms with Gasteiger partial charge in [-0.05, 0) is 40.3 Å². The molecule has 0 saturated heterocycles. The van der Waals surface area contributed by atoms with Gasteiger partial charge in [0.2, 0.25) is 11.7 Å². The van der Waals surface area contributed by atoms with E-state index in [-0.39, 0.29) is 17.3 Å². The molecule has 5 rings (SSSR count). The molecule has 0 aliphatic carbocycles. The van der Waals surface area contributed by atoms with Crippen molar-refractivity contribution in [2.45, 2.75) is 51.6 Å². The number of hydrogen-bond acceptors (Lipinski definition) is 7. The maximum atomic E-state index is 13.8. The SMILES string of the molecule is CCCCc1nc(Cl)c(C(=O)NC(CC(=O)NO)Cc2ccccc2)n1Cc1ccc(-c2ccccc2-c2nn[nH]n2)cc1. The van der Waals surface area contributed by atoms with E-state index in [1.165, 1.54) is 0 Å². The number of hydroxylamine groups is 1. The van der Waals surface area contributed by atoms with E-state index in [1.807, 2.05) is 83.4 Å². The number of carbonyl (C=O) groups is 2. The first-order valence-electron chi connectivity index (χ1n) is 14.4. The van der Waals surface area contributed by atoms with Crippen LogP contribution in [0.4, 0.5) is 0 Å². The lowest BCUT2D eigenvalue weighted by atomic mass is 9.98. The third-order valence-electron chi connectivity index (χ3n) is 7.31. The van der Waals surface area contributed by atoms with Crippen molar-refractivity contribution in [1.82, 2.24) is 41.0 Å². The van der Waals surface area contributed by atoms with E-state index in [0.29, 0.717) is 31.0 Å². The van der Waals surface area contributed by atoms with Crippen molar-refractivity contribution in [1.29, 1.82) is 0 Å². The van der Waals surface area contributed by atoms with Gasteiger partial charge in [0.1, 0.15) is 11.5 Å². The molecule has 2 amide bonds. The fourth-order valence-electron chi connectivity index (χ4n) is 5.15. The molecule has 5 aromatic rings. The van der Waals surface area contributed by atoms with Gasteiger partial charge in [-0.25, -0.2) is 10.5 Å². The molecular weight excluding hydrogens is 580 g/mol. The molecule has 4 N–H and O–H groups in total. The van der Waals surface area contributed by atoms with Crippen molar-refractivity contribution in [3.05, 3.63) is 107 Å². The Morgan fingerprint density at radius 1 is 0.977 bits per heavy atom. The molecule has 2 aromatic heterocycles. The Kier molecular flexibility index (Phi) is 10.1. The Bertz CT molecular complexity index is 1690. The Balaban J connectivity index is 1.42. The van der Waals surface area contributed by atoms with E-state index >= 15 is 0 Å². The summed E-state index contributed by atoms with van der Waals surface area (Å²) in [6.07, 6.45) is 2.77. The third-order valence-corrected chi connectivity index (χ3v) is 7.57. The number of hydrogen-bond donors (Lipinski definition) is 4. The highest BCUT2D eigenvalue weighted by atomic mass is 35.5. The molecule has 0 spiro atoms. The van der Waals surface area contributed by atoms with Crippen molar-refractivity contribution < 1.29 is 14.8 Å². The Hall–Kier alpha value is -4.87. The van der Waals surface area contributed by atoms with Crippen LogP contribution in [0.5, 0.6) is 0 Å². The summed E-state index contributed by atoms with van der Waals surface area (Å²) in [7, 11) is 0. The van der Waals surface area contributed by atoms with Gasteiger partial charge in [-0.15, -0.1) is 10.2 Å². The van der Waals surface area contributed by atoms with Crippen LogP contribution in [0.3, 0.4) is 0 Å². The molecule has 0 fully saturated rings. The van der Waals surface area contributed by atoms with Gasteiger partial charge < -0.3 is 9.88 Å². The predicted octanol–water partition coefficient (Wildman–Crippen LogP) is 5.01. The van der Waals surface area contributed by atoms with Crippen LogP contribution >= 0.6 is 11.6 Å². The van der Waals surface area contributed by atoms with E-state index in [1.54, 1.807) is 5.48 Å². The first kappa shape index (κ1) is 30.6. The second-order valence-corrected chi connectivity index (χ2v) is 10.8. The molecular formula is C32H33ClN8O3. The van der Waals surface area contributed by atoms with Gasteiger partial charge in [-0.3, -0.25) is 14.8 Å². The number of amides is 2. The maximum absolute atomic E-state index is 13.8. The standard InChI is InChI=1S/C32H33ClN8O3/c1-2-3-13-27-35-30(33)29(32(43)34-24(19-28(42)38-44)18-21-9-5-4-6-10-21)41(27)20-22-14-16-23(17-15-22)25-11-7-8-12-26(25)31-36-39-40-37-31/h4-12,14-17,24,44H,2-3,13,18-20H2,1H3,(H,34,43)(H,38,42)(H,36,37,39,40). The van der Waals surface area contributed by atoms with Crippen LogP contribution in [0, 0.1) is 0 Å². The van der Waals surface area contributed by atoms with Crippen LogP contribution in [0.15, 0.2) is 78.9 Å². The zero-order valence-electron chi connectivity index (χ0n) is 24.2. The van der Waals surface area contributed by atoms with Crippen molar-refractivity contribution in [2.75, 3.05) is 0 Å². The Morgan fingerprint density at radius 2 is 1.70 bits per heavy atom. The molecule has 1 unspecified atom stereocenters. The number of aromatic amines is 1. The van der Waals surface area contributed by atoms with Crippen LogP contribution in [0.25, 0.3) is 22.5 Å². The van der Waals surface area contributed by atoms with Gasteiger partial charge in [-0.2, -0.15) is 5.21 Å². The molecule has 226 valence electrons. The Morgan fingerprint density at radius 3 is 2.39 bits per heavy atom. The lowest BCUT2D eigenvalue weighted by Crippen LogP contribution is -2.41. The molecule has 12 heteroatoms. The summed E-state index contributed by atoms with van der Waals surface area (Å²) in [6, 6.07) is 24.8. The number of unbranched alkanes of at least 4 members (excludes halogenated alkanes) is 1. The first-order chi connectivity index (χ1) is 21.5. The molecule has 0 saturated carbocycles. The molecule has 3 aromatic carbocycles. The topological polar surface area (TPSA) is 151 Å². The molecule has 2 heterocycles. The lowest BCUT2D eigenvalue weighted by Gasteiger charge is -2.19. The zero-order valence-corrected chi connectivity index (χ0v) is 25.0. The number of tetrazole rings is 1. The number of halogens is 1. The molecule has 0 radical (unpaired) electrons. The minimum atomic E-state index is -0.601. The van der Waals surface area contributed by atoms with Crippen molar-refractivity contribution in [3.8, 4) is 22.5 Å². The number of imidazole rings is 1. The highest BCUT2D eigenvalue weighted by molar-refractivity contribution is 6.32. The van der Waals surface area contributed by atoms with E-state index in [4.69, 9.17) is 16.8 Å². The molecule has 44 heavy (non-hydrogen) atoms.